The molecule has 4 saturated heterocycles. The zero-order valence-corrected chi connectivity index (χ0v) is 30.7. The second-order valence-electron chi connectivity index (χ2n) is 15.1. The van der Waals surface area contributed by atoms with Crippen LogP contribution < -0.4 is 20.1 Å². The molecule has 2 amide bonds. The second-order valence-corrected chi connectivity index (χ2v) is 15.8. The Kier molecular flexibility index (Phi) is 8.22. The number of aromatic nitrogens is 2. The summed E-state index contributed by atoms with van der Waals surface area (Å²) >= 11 is 14.4. The lowest BCUT2D eigenvalue weighted by Gasteiger charge is -2.51. The van der Waals surface area contributed by atoms with Crippen molar-refractivity contribution in [1.82, 2.24) is 30.4 Å². The summed E-state index contributed by atoms with van der Waals surface area (Å²) in [6.07, 6.45) is 6.70. The van der Waals surface area contributed by atoms with Gasteiger partial charge in [-0.1, -0.05) is 65.7 Å². The molecule has 9 rings (SSSR count). The van der Waals surface area contributed by atoms with E-state index in [1.807, 2.05) is 36.4 Å². The van der Waals surface area contributed by atoms with Gasteiger partial charge in [-0.15, -0.1) is 0 Å². The number of amides is 2. The van der Waals surface area contributed by atoms with Gasteiger partial charge in [0.05, 0.1) is 47.2 Å². The predicted molar refractivity (Wildman–Crippen MR) is 200 cm³/mol. The molecular weight excluding hydrogens is 699 g/mol. The minimum absolute atomic E-state index is 0.0588. The third kappa shape index (κ3) is 5.62. The molecule has 10 nitrogen and oxygen atoms in total. The van der Waals surface area contributed by atoms with Gasteiger partial charge in [0, 0.05) is 79.4 Å². The molecule has 1 atom stereocenters. The second kappa shape index (κ2) is 12.7. The Morgan fingerprint density at radius 3 is 2.10 bits per heavy atom. The predicted octanol–water partition coefficient (Wildman–Crippen LogP) is 6.22. The van der Waals surface area contributed by atoms with Gasteiger partial charge < -0.3 is 20.1 Å². The first-order valence-electron chi connectivity index (χ1n) is 17.9. The number of ether oxygens (including phenoxy) is 2. The topological polar surface area (TPSA) is 109 Å². The fraction of sp³-hybridized carbons (Fsp3) is 0.400. The number of halogens is 2. The number of methoxy groups -OCH3 is 2. The number of likely N-dealkylation sites (tertiary alicyclic amines) is 2. The van der Waals surface area contributed by atoms with Crippen molar-refractivity contribution in [1.29, 1.82) is 0 Å². The molecule has 52 heavy (non-hydrogen) atoms. The van der Waals surface area contributed by atoms with Gasteiger partial charge in [0.2, 0.25) is 17.7 Å². The molecule has 1 aliphatic carbocycles. The smallest absolute Gasteiger partial charge is 0.237 e. The number of nitrogens with one attached hydrogen (secondary N) is 2. The Hall–Kier alpha value is -4.22. The molecule has 0 saturated carbocycles. The van der Waals surface area contributed by atoms with E-state index < -0.39 is 0 Å². The maximum atomic E-state index is 11.9. The molecule has 5 heterocycles. The van der Waals surface area contributed by atoms with E-state index in [4.69, 9.17) is 42.6 Å². The minimum Gasteiger partial charge on any atom is -0.496 e. The SMILES string of the molecule is COc1cc(-c2cccc(-c3cccc(-c4cnc(CN5CC6(CCC(=O)N6)C5)c(OC)n4)c3Cl)c2Cl)cc2c1[C@H](N1CC3(CCC(=O)N3)C1)CC2. The number of hydrogen-bond donors (Lipinski definition) is 2. The van der Waals surface area contributed by atoms with Crippen LogP contribution in [0.5, 0.6) is 11.6 Å². The molecule has 268 valence electrons. The minimum atomic E-state index is -0.102. The lowest BCUT2D eigenvalue weighted by atomic mass is 9.85. The van der Waals surface area contributed by atoms with Crippen molar-refractivity contribution in [3.63, 3.8) is 0 Å². The molecule has 2 spiro atoms. The normalized spacial score (nSPS) is 21.5. The van der Waals surface area contributed by atoms with E-state index >= 15 is 0 Å². The molecule has 4 aliphatic heterocycles. The van der Waals surface area contributed by atoms with Crippen LogP contribution in [-0.2, 0) is 22.6 Å². The Bertz CT molecular complexity index is 2130. The van der Waals surface area contributed by atoms with Crippen molar-refractivity contribution in [2.45, 2.75) is 62.2 Å². The van der Waals surface area contributed by atoms with E-state index in [0.29, 0.717) is 41.0 Å². The fourth-order valence-electron chi connectivity index (χ4n) is 9.20. The van der Waals surface area contributed by atoms with Crippen LogP contribution in [0.15, 0.2) is 54.7 Å². The highest BCUT2D eigenvalue weighted by molar-refractivity contribution is 6.39. The van der Waals surface area contributed by atoms with E-state index in [2.05, 4.69) is 32.6 Å². The monoisotopic (exact) mass is 738 g/mol. The summed E-state index contributed by atoms with van der Waals surface area (Å²) in [5, 5.41) is 7.46. The molecule has 4 aromatic rings. The maximum absolute atomic E-state index is 11.9. The third-order valence-electron chi connectivity index (χ3n) is 11.7. The van der Waals surface area contributed by atoms with Gasteiger partial charge in [-0.05, 0) is 42.9 Å². The Balaban J connectivity index is 0.973. The molecule has 3 aromatic carbocycles. The van der Waals surface area contributed by atoms with Gasteiger partial charge in [0.15, 0.2) is 0 Å². The highest BCUT2D eigenvalue weighted by Crippen LogP contribution is 2.49. The van der Waals surface area contributed by atoms with Gasteiger partial charge in [-0.2, -0.15) is 0 Å². The van der Waals surface area contributed by atoms with Crippen LogP contribution in [0.4, 0.5) is 0 Å². The number of carbonyl (C=O) groups excluding carboxylic acids is 2. The van der Waals surface area contributed by atoms with Crippen LogP contribution in [0, 0.1) is 0 Å². The average molecular weight is 740 g/mol. The lowest BCUT2D eigenvalue weighted by molar-refractivity contribution is -0.121. The average Bonchev–Trinajstić information content (AvgIpc) is 3.84. The number of fused-ring (bicyclic) bond motifs is 1. The first kappa shape index (κ1) is 33.6. The van der Waals surface area contributed by atoms with Crippen molar-refractivity contribution in [2.75, 3.05) is 40.4 Å². The van der Waals surface area contributed by atoms with E-state index in [-0.39, 0.29) is 28.9 Å². The van der Waals surface area contributed by atoms with E-state index in [1.165, 1.54) is 11.1 Å². The molecule has 0 radical (unpaired) electrons. The Morgan fingerprint density at radius 1 is 0.827 bits per heavy atom. The molecule has 0 unspecified atom stereocenters. The summed E-state index contributed by atoms with van der Waals surface area (Å²) in [5.74, 6) is 1.60. The van der Waals surface area contributed by atoms with Crippen molar-refractivity contribution in [3.8, 4) is 45.1 Å². The highest BCUT2D eigenvalue weighted by Gasteiger charge is 2.51. The summed E-state index contributed by atoms with van der Waals surface area (Å²) in [6.45, 7) is 3.92. The first-order valence-corrected chi connectivity index (χ1v) is 18.7. The Labute approximate surface area is 312 Å². The van der Waals surface area contributed by atoms with E-state index in [1.54, 1.807) is 20.4 Å². The maximum Gasteiger partial charge on any atom is 0.237 e. The van der Waals surface area contributed by atoms with E-state index in [9.17, 15) is 9.59 Å². The highest BCUT2D eigenvalue weighted by atomic mass is 35.5. The quantitative estimate of drug-likeness (QED) is 0.220. The van der Waals surface area contributed by atoms with Crippen LogP contribution in [0.3, 0.4) is 0 Å². The number of benzene rings is 3. The van der Waals surface area contributed by atoms with Gasteiger partial charge >= 0.3 is 0 Å². The summed E-state index contributed by atoms with van der Waals surface area (Å²) in [7, 11) is 3.33. The summed E-state index contributed by atoms with van der Waals surface area (Å²) in [4.78, 5) is 38.0. The van der Waals surface area contributed by atoms with Crippen molar-refractivity contribution in [2.24, 2.45) is 0 Å². The molecular formula is C40H40Cl2N6O4. The number of nitrogens with zero attached hydrogens (tertiary/aromatic N) is 4. The summed E-state index contributed by atoms with van der Waals surface area (Å²) < 4.78 is 11.7. The number of hydrogen-bond acceptors (Lipinski definition) is 8. The summed E-state index contributed by atoms with van der Waals surface area (Å²) in [6, 6.07) is 16.5. The zero-order valence-electron chi connectivity index (χ0n) is 29.2. The standard InChI is InChI=1S/C40H40Cl2N6O4/c1-51-32-16-24(15-23-9-10-31(35(23)32)48-21-40(22-48)14-12-34(50)46-40)25-5-3-6-26(36(25)41)27-7-4-8-28(37(27)42)29-17-43-30(38(44-29)52-2)18-47-19-39(20-47)13-11-33(49)45-39/h3-8,15-17,31H,9-14,18-22H2,1-2H3,(H,45,49)(H,46,50)/t31-/m1/s1. The number of carbonyl (C=O) groups is 2. The van der Waals surface area contributed by atoms with Gasteiger partial charge in [-0.25, -0.2) is 4.98 Å². The lowest BCUT2D eigenvalue weighted by Crippen LogP contribution is -2.67. The van der Waals surface area contributed by atoms with Crippen molar-refractivity contribution < 1.29 is 19.1 Å². The van der Waals surface area contributed by atoms with Crippen molar-refractivity contribution >= 4 is 35.0 Å². The molecule has 0 bridgehead atoms. The first-order chi connectivity index (χ1) is 25.2. The largest absolute Gasteiger partial charge is 0.496 e. The number of rotatable bonds is 8. The Morgan fingerprint density at radius 2 is 1.46 bits per heavy atom. The van der Waals surface area contributed by atoms with Gasteiger partial charge in [0.25, 0.3) is 0 Å². The molecule has 5 aliphatic rings. The van der Waals surface area contributed by atoms with Crippen LogP contribution in [-0.4, -0.2) is 83.1 Å². The fourth-order valence-corrected chi connectivity index (χ4v) is 9.86. The number of aryl methyl sites for hydroxylation is 1. The van der Waals surface area contributed by atoms with Crippen LogP contribution in [0.2, 0.25) is 10.0 Å². The van der Waals surface area contributed by atoms with Gasteiger partial charge in [-0.3, -0.25) is 24.4 Å². The van der Waals surface area contributed by atoms with Crippen molar-refractivity contribution in [3.05, 3.63) is 81.6 Å². The molecule has 1 aromatic heterocycles. The van der Waals surface area contributed by atoms with Crippen LogP contribution in [0.1, 0.15) is 55.0 Å². The zero-order chi connectivity index (χ0) is 35.8. The molecule has 2 N–H and O–H groups in total. The van der Waals surface area contributed by atoms with Crippen LogP contribution >= 0.6 is 23.2 Å². The molecule has 12 heteroatoms. The van der Waals surface area contributed by atoms with Gasteiger partial charge in [0.1, 0.15) is 11.4 Å². The summed E-state index contributed by atoms with van der Waals surface area (Å²) in [5.41, 5.74) is 7.92. The van der Waals surface area contributed by atoms with Crippen LogP contribution in [0.25, 0.3) is 33.5 Å². The van der Waals surface area contributed by atoms with E-state index in [0.717, 1.165) is 91.1 Å². The third-order valence-corrected chi connectivity index (χ3v) is 12.5. The molecule has 4 fully saturated rings.